The Bertz CT molecular complexity index is 535. The van der Waals surface area contributed by atoms with Gasteiger partial charge < -0.3 is 5.32 Å². The van der Waals surface area contributed by atoms with Crippen molar-refractivity contribution in [3.8, 4) is 0 Å². The standard InChI is InChI=1S/C12H13FN4O/c1-17-7-5-10(16-17)4-6-14-12(18)9-2-3-11(13)15-8-9/h2-3,5,7-8H,4,6H2,1H3,(H,14,18). The Hall–Kier alpha value is -2.24. The normalized spacial score (nSPS) is 10.3. The average Bonchev–Trinajstić information content (AvgIpc) is 2.76. The fraction of sp³-hybridized carbons (Fsp3) is 0.250. The van der Waals surface area contributed by atoms with E-state index in [0.717, 1.165) is 11.8 Å². The lowest BCUT2D eigenvalue weighted by Crippen LogP contribution is -2.25. The highest BCUT2D eigenvalue weighted by Crippen LogP contribution is 1.99. The molecule has 2 rings (SSSR count). The van der Waals surface area contributed by atoms with Gasteiger partial charge in [-0.05, 0) is 18.2 Å². The van der Waals surface area contributed by atoms with E-state index >= 15 is 0 Å². The molecular formula is C12H13FN4O. The van der Waals surface area contributed by atoms with E-state index in [1.54, 1.807) is 4.68 Å². The summed E-state index contributed by atoms with van der Waals surface area (Å²) in [6.07, 6.45) is 3.72. The molecule has 0 aliphatic rings. The summed E-state index contributed by atoms with van der Waals surface area (Å²) in [4.78, 5) is 15.1. The van der Waals surface area contributed by atoms with Crippen LogP contribution in [0.25, 0.3) is 0 Å². The molecule has 18 heavy (non-hydrogen) atoms. The first-order chi connectivity index (χ1) is 8.65. The summed E-state index contributed by atoms with van der Waals surface area (Å²) in [5.74, 6) is -0.863. The molecule has 0 unspecified atom stereocenters. The number of carbonyl (C=O) groups is 1. The van der Waals surface area contributed by atoms with Gasteiger partial charge in [-0.25, -0.2) is 4.98 Å². The molecule has 1 N–H and O–H groups in total. The Balaban J connectivity index is 1.83. The predicted molar refractivity (Wildman–Crippen MR) is 63.4 cm³/mol. The van der Waals surface area contributed by atoms with Crippen LogP contribution in [0.3, 0.4) is 0 Å². The van der Waals surface area contributed by atoms with Crippen LogP contribution >= 0.6 is 0 Å². The third-order valence-corrected chi connectivity index (χ3v) is 2.43. The van der Waals surface area contributed by atoms with Crippen molar-refractivity contribution < 1.29 is 9.18 Å². The Morgan fingerprint density at radius 1 is 1.44 bits per heavy atom. The number of rotatable bonds is 4. The molecule has 0 saturated heterocycles. The number of aryl methyl sites for hydroxylation is 1. The van der Waals surface area contributed by atoms with Gasteiger partial charge in [0.1, 0.15) is 0 Å². The van der Waals surface area contributed by atoms with Crippen molar-refractivity contribution >= 4 is 5.91 Å². The lowest BCUT2D eigenvalue weighted by Gasteiger charge is -2.03. The first-order valence-electron chi connectivity index (χ1n) is 5.53. The van der Waals surface area contributed by atoms with Crippen molar-refractivity contribution in [2.45, 2.75) is 6.42 Å². The second-order valence-corrected chi connectivity index (χ2v) is 3.86. The second-order valence-electron chi connectivity index (χ2n) is 3.86. The Labute approximate surface area is 104 Å². The van der Waals surface area contributed by atoms with Crippen LogP contribution in [0, 0.1) is 5.95 Å². The number of nitrogens with zero attached hydrogens (tertiary/aromatic N) is 3. The molecule has 0 radical (unpaired) electrons. The molecule has 0 spiro atoms. The third-order valence-electron chi connectivity index (χ3n) is 2.43. The molecule has 2 heterocycles. The van der Waals surface area contributed by atoms with Crippen LogP contribution in [0.15, 0.2) is 30.6 Å². The molecule has 1 amide bonds. The summed E-state index contributed by atoms with van der Waals surface area (Å²) in [7, 11) is 1.84. The van der Waals surface area contributed by atoms with Crippen molar-refractivity contribution in [3.63, 3.8) is 0 Å². The Morgan fingerprint density at radius 2 is 2.28 bits per heavy atom. The van der Waals surface area contributed by atoms with Gasteiger partial charge in [0.15, 0.2) is 0 Å². The fourth-order valence-electron chi connectivity index (χ4n) is 1.51. The van der Waals surface area contributed by atoms with E-state index in [2.05, 4.69) is 15.4 Å². The fourth-order valence-corrected chi connectivity index (χ4v) is 1.51. The second kappa shape index (κ2) is 5.39. The third kappa shape index (κ3) is 3.13. The molecule has 6 heteroatoms. The SMILES string of the molecule is Cn1ccc(CCNC(=O)c2ccc(F)nc2)n1. The van der Waals surface area contributed by atoms with Gasteiger partial charge in [0.2, 0.25) is 5.95 Å². The minimum absolute atomic E-state index is 0.265. The zero-order valence-electron chi connectivity index (χ0n) is 9.93. The lowest BCUT2D eigenvalue weighted by molar-refractivity contribution is 0.0953. The largest absolute Gasteiger partial charge is 0.352 e. The summed E-state index contributed by atoms with van der Waals surface area (Å²) in [5, 5.41) is 6.92. The summed E-state index contributed by atoms with van der Waals surface area (Å²) in [6, 6.07) is 4.46. The molecule has 5 nitrogen and oxygen atoms in total. The number of hydrogen-bond donors (Lipinski definition) is 1. The average molecular weight is 248 g/mol. The highest BCUT2D eigenvalue weighted by atomic mass is 19.1. The number of carbonyl (C=O) groups excluding carboxylic acids is 1. The van der Waals surface area contributed by atoms with E-state index in [1.807, 2.05) is 19.3 Å². The number of aromatic nitrogens is 3. The lowest BCUT2D eigenvalue weighted by atomic mass is 10.2. The molecule has 0 fully saturated rings. The van der Waals surface area contributed by atoms with Crippen LogP contribution in [-0.2, 0) is 13.5 Å². The van der Waals surface area contributed by atoms with Gasteiger partial charge in [-0.3, -0.25) is 9.48 Å². The molecular weight excluding hydrogens is 235 g/mol. The zero-order chi connectivity index (χ0) is 13.0. The molecule has 2 aromatic heterocycles. The predicted octanol–water partition coefficient (Wildman–Crippen LogP) is 0.927. The molecule has 94 valence electrons. The number of halogens is 1. The van der Waals surface area contributed by atoms with E-state index in [0.29, 0.717) is 18.5 Å². The smallest absolute Gasteiger partial charge is 0.252 e. The van der Waals surface area contributed by atoms with Crippen molar-refractivity contribution in [2.24, 2.45) is 7.05 Å². The van der Waals surface area contributed by atoms with E-state index in [1.165, 1.54) is 12.3 Å². The maximum atomic E-state index is 12.6. The van der Waals surface area contributed by atoms with Crippen LogP contribution in [0.1, 0.15) is 16.1 Å². The van der Waals surface area contributed by atoms with Crippen LogP contribution in [0.5, 0.6) is 0 Å². The van der Waals surface area contributed by atoms with Gasteiger partial charge in [-0.15, -0.1) is 0 Å². The summed E-state index contributed by atoms with van der Waals surface area (Å²) in [6.45, 7) is 0.479. The summed E-state index contributed by atoms with van der Waals surface area (Å²) < 4.78 is 14.3. The first kappa shape index (κ1) is 12.2. The minimum atomic E-state index is -0.597. The number of nitrogens with one attached hydrogen (secondary N) is 1. The first-order valence-corrected chi connectivity index (χ1v) is 5.53. The van der Waals surface area contributed by atoms with Gasteiger partial charge in [0, 0.05) is 32.4 Å². The van der Waals surface area contributed by atoms with Crippen LogP contribution in [0.2, 0.25) is 0 Å². The van der Waals surface area contributed by atoms with Gasteiger partial charge in [-0.1, -0.05) is 0 Å². The maximum Gasteiger partial charge on any atom is 0.252 e. The van der Waals surface area contributed by atoms with Gasteiger partial charge in [0.05, 0.1) is 11.3 Å². The molecule has 0 aliphatic carbocycles. The summed E-state index contributed by atoms with van der Waals surface area (Å²) in [5.41, 5.74) is 1.26. The number of hydrogen-bond acceptors (Lipinski definition) is 3. The van der Waals surface area contributed by atoms with Crippen molar-refractivity contribution in [1.82, 2.24) is 20.1 Å². The highest BCUT2D eigenvalue weighted by molar-refractivity contribution is 5.93. The molecule has 0 atom stereocenters. The monoisotopic (exact) mass is 248 g/mol. The topological polar surface area (TPSA) is 59.8 Å². The van der Waals surface area contributed by atoms with E-state index in [-0.39, 0.29) is 5.91 Å². The minimum Gasteiger partial charge on any atom is -0.352 e. The molecule has 2 aromatic rings. The van der Waals surface area contributed by atoms with Gasteiger partial charge >= 0.3 is 0 Å². The molecule has 0 aliphatic heterocycles. The zero-order valence-corrected chi connectivity index (χ0v) is 9.93. The number of pyridine rings is 1. The maximum absolute atomic E-state index is 12.6. The van der Waals surface area contributed by atoms with Crippen LogP contribution in [0.4, 0.5) is 4.39 Å². The van der Waals surface area contributed by atoms with Crippen LogP contribution in [-0.4, -0.2) is 27.2 Å². The summed E-state index contributed by atoms with van der Waals surface area (Å²) >= 11 is 0. The Morgan fingerprint density at radius 3 is 2.89 bits per heavy atom. The molecule has 0 saturated carbocycles. The van der Waals surface area contributed by atoms with E-state index in [4.69, 9.17) is 0 Å². The number of amides is 1. The van der Waals surface area contributed by atoms with Crippen molar-refractivity contribution in [1.29, 1.82) is 0 Å². The van der Waals surface area contributed by atoms with Crippen molar-refractivity contribution in [3.05, 3.63) is 47.8 Å². The van der Waals surface area contributed by atoms with E-state index in [9.17, 15) is 9.18 Å². The van der Waals surface area contributed by atoms with Crippen molar-refractivity contribution in [2.75, 3.05) is 6.54 Å². The van der Waals surface area contributed by atoms with E-state index < -0.39 is 5.95 Å². The van der Waals surface area contributed by atoms with Gasteiger partial charge in [-0.2, -0.15) is 9.49 Å². The highest BCUT2D eigenvalue weighted by Gasteiger charge is 2.06. The molecule has 0 aromatic carbocycles. The Kier molecular flexibility index (Phi) is 3.66. The van der Waals surface area contributed by atoms with Crippen LogP contribution < -0.4 is 5.32 Å². The molecule has 0 bridgehead atoms. The van der Waals surface area contributed by atoms with Gasteiger partial charge in [0.25, 0.3) is 5.91 Å². The quantitative estimate of drug-likeness (QED) is 0.819.